The number of nitrogen functional groups attached to an aromatic ring is 1. The fraction of sp³-hybridized carbons (Fsp3) is 0.231. The maximum atomic E-state index is 11.0. The lowest BCUT2D eigenvalue weighted by Gasteiger charge is -2.04. The van der Waals surface area contributed by atoms with Crippen molar-refractivity contribution in [3.05, 3.63) is 46.6 Å². The number of hydrogen-bond donors (Lipinski definition) is 3. The van der Waals surface area contributed by atoms with E-state index >= 15 is 0 Å². The van der Waals surface area contributed by atoms with Gasteiger partial charge in [-0.05, 0) is 30.9 Å². The molecule has 0 atom stereocenters. The second kappa shape index (κ2) is 4.91. The van der Waals surface area contributed by atoms with Crippen molar-refractivity contribution in [3.8, 4) is 0 Å². The van der Waals surface area contributed by atoms with E-state index in [4.69, 9.17) is 10.8 Å². The smallest absolute Gasteiger partial charge is 0.341 e. The molecule has 1 aromatic heterocycles. The molecule has 0 saturated heterocycles. The molecule has 94 valence electrons. The van der Waals surface area contributed by atoms with E-state index in [1.807, 2.05) is 31.2 Å². The van der Waals surface area contributed by atoms with E-state index in [1.165, 1.54) is 11.1 Å². The first kappa shape index (κ1) is 12.2. The van der Waals surface area contributed by atoms with E-state index in [9.17, 15) is 4.79 Å². The summed E-state index contributed by atoms with van der Waals surface area (Å²) >= 11 is 0. The van der Waals surface area contributed by atoms with Gasteiger partial charge in [0.25, 0.3) is 0 Å². The Morgan fingerprint density at radius 2 is 2.11 bits per heavy atom. The third-order valence-electron chi connectivity index (χ3n) is 2.99. The fourth-order valence-corrected chi connectivity index (χ4v) is 1.96. The summed E-state index contributed by atoms with van der Waals surface area (Å²) in [4.78, 5) is 11.0. The molecule has 0 fully saturated rings. The maximum Gasteiger partial charge on any atom is 0.341 e. The SMILES string of the molecule is Cc1ccccc1CCc1[nH]nc(N)c1C(=O)O. The van der Waals surface area contributed by atoms with E-state index in [2.05, 4.69) is 10.2 Å². The number of aromatic nitrogens is 2. The second-order valence-corrected chi connectivity index (χ2v) is 4.19. The molecule has 2 rings (SSSR count). The van der Waals surface area contributed by atoms with Gasteiger partial charge in [-0.3, -0.25) is 5.10 Å². The van der Waals surface area contributed by atoms with Crippen molar-refractivity contribution < 1.29 is 9.90 Å². The highest BCUT2D eigenvalue weighted by Crippen LogP contribution is 2.17. The van der Waals surface area contributed by atoms with Gasteiger partial charge in [0.2, 0.25) is 0 Å². The summed E-state index contributed by atoms with van der Waals surface area (Å²) in [5.41, 5.74) is 8.57. The van der Waals surface area contributed by atoms with Crippen LogP contribution >= 0.6 is 0 Å². The Labute approximate surface area is 105 Å². The van der Waals surface area contributed by atoms with E-state index < -0.39 is 5.97 Å². The number of H-pyrrole nitrogens is 1. The number of hydrogen-bond acceptors (Lipinski definition) is 3. The van der Waals surface area contributed by atoms with Gasteiger partial charge in [0, 0.05) is 0 Å². The second-order valence-electron chi connectivity index (χ2n) is 4.19. The minimum atomic E-state index is -1.04. The Morgan fingerprint density at radius 3 is 2.78 bits per heavy atom. The topological polar surface area (TPSA) is 92.0 Å². The summed E-state index contributed by atoms with van der Waals surface area (Å²) in [5.74, 6) is -0.997. The van der Waals surface area contributed by atoms with Crippen molar-refractivity contribution in [1.82, 2.24) is 10.2 Å². The molecule has 0 saturated carbocycles. The molecule has 0 bridgehead atoms. The van der Waals surface area contributed by atoms with Gasteiger partial charge in [0.15, 0.2) is 5.82 Å². The van der Waals surface area contributed by atoms with Crippen molar-refractivity contribution >= 4 is 11.8 Å². The number of aromatic amines is 1. The van der Waals surface area contributed by atoms with E-state index in [1.54, 1.807) is 0 Å². The van der Waals surface area contributed by atoms with Crippen molar-refractivity contribution in [2.75, 3.05) is 5.73 Å². The molecule has 18 heavy (non-hydrogen) atoms. The number of aromatic carboxylic acids is 1. The van der Waals surface area contributed by atoms with Crippen LogP contribution in [0.1, 0.15) is 27.2 Å². The Bertz CT molecular complexity index is 575. The van der Waals surface area contributed by atoms with Gasteiger partial charge in [-0.2, -0.15) is 5.10 Å². The minimum absolute atomic E-state index is 0.0438. The third-order valence-corrected chi connectivity index (χ3v) is 2.99. The van der Waals surface area contributed by atoms with Gasteiger partial charge >= 0.3 is 5.97 Å². The molecule has 5 nitrogen and oxygen atoms in total. The number of nitrogens with zero attached hydrogens (tertiary/aromatic N) is 1. The monoisotopic (exact) mass is 245 g/mol. The zero-order chi connectivity index (χ0) is 13.1. The number of nitrogens with one attached hydrogen (secondary N) is 1. The largest absolute Gasteiger partial charge is 0.477 e. The van der Waals surface area contributed by atoms with Crippen LogP contribution in [0.3, 0.4) is 0 Å². The van der Waals surface area contributed by atoms with Gasteiger partial charge in [-0.1, -0.05) is 24.3 Å². The number of aryl methyl sites for hydroxylation is 3. The van der Waals surface area contributed by atoms with Gasteiger partial charge < -0.3 is 10.8 Å². The molecular formula is C13H15N3O2. The zero-order valence-electron chi connectivity index (χ0n) is 10.1. The highest BCUT2D eigenvalue weighted by molar-refractivity contribution is 5.93. The standard InChI is InChI=1S/C13H15N3O2/c1-8-4-2-3-5-9(8)6-7-10-11(13(17)18)12(14)16-15-10/h2-5H,6-7H2,1H3,(H,17,18)(H3,14,15,16). The molecule has 0 aliphatic heterocycles. The molecule has 1 heterocycles. The predicted molar refractivity (Wildman–Crippen MR) is 68.5 cm³/mol. The summed E-state index contributed by atoms with van der Waals surface area (Å²) in [6.45, 7) is 2.04. The highest BCUT2D eigenvalue weighted by atomic mass is 16.4. The van der Waals surface area contributed by atoms with E-state index in [-0.39, 0.29) is 11.4 Å². The van der Waals surface area contributed by atoms with Crippen molar-refractivity contribution in [3.63, 3.8) is 0 Å². The summed E-state index contributed by atoms with van der Waals surface area (Å²) in [6, 6.07) is 8.03. The van der Waals surface area contributed by atoms with Crippen LogP contribution in [0.15, 0.2) is 24.3 Å². The Balaban J connectivity index is 2.16. The summed E-state index contributed by atoms with van der Waals surface area (Å²) in [5, 5.41) is 15.5. The molecule has 2 aromatic rings. The summed E-state index contributed by atoms with van der Waals surface area (Å²) in [6.07, 6.45) is 1.34. The average Bonchev–Trinajstić information content (AvgIpc) is 2.69. The number of anilines is 1. The summed E-state index contributed by atoms with van der Waals surface area (Å²) in [7, 11) is 0. The normalized spacial score (nSPS) is 10.5. The van der Waals surface area contributed by atoms with Gasteiger partial charge in [0.1, 0.15) is 5.56 Å². The van der Waals surface area contributed by atoms with Crippen LogP contribution in [-0.4, -0.2) is 21.3 Å². The maximum absolute atomic E-state index is 11.0. The molecule has 5 heteroatoms. The quantitative estimate of drug-likeness (QED) is 0.765. The minimum Gasteiger partial charge on any atom is -0.477 e. The van der Waals surface area contributed by atoms with E-state index in [0.29, 0.717) is 12.1 Å². The van der Waals surface area contributed by atoms with Crippen LogP contribution in [0, 0.1) is 6.92 Å². The van der Waals surface area contributed by atoms with Crippen LogP contribution in [0.25, 0.3) is 0 Å². The number of benzene rings is 1. The number of carboxylic acid groups (broad SMARTS) is 1. The van der Waals surface area contributed by atoms with Crippen molar-refractivity contribution in [1.29, 1.82) is 0 Å². The number of nitrogens with two attached hydrogens (primary N) is 1. The lowest BCUT2D eigenvalue weighted by atomic mass is 10.0. The van der Waals surface area contributed by atoms with Gasteiger partial charge in [-0.25, -0.2) is 4.79 Å². The number of rotatable bonds is 4. The molecule has 4 N–H and O–H groups in total. The van der Waals surface area contributed by atoms with Crippen LogP contribution in [0.4, 0.5) is 5.82 Å². The van der Waals surface area contributed by atoms with Gasteiger partial charge in [0.05, 0.1) is 5.69 Å². The average molecular weight is 245 g/mol. The molecule has 0 spiro atoms. The number of carbonyl (C=O) groups is 1. The Kier molecular flexibility index (Phi) is 3.32. The van der Waals surface area contributed by atoms with Crippen LogP contribution in [-0.2, 0) is 12.8 Å². The molecule has 0 aliphatic rings. The van der Waals surface area contributed by atoms with Crippen molar-refractivity contribution in [2.45, 2.75) is 19.8 Å². The summed E-state index contributed by atoms with van der Waals surface area (Å²) < 4.78 is 0. The van der Waals surface area contributed by atoms with Crippen LogP contribution in [0.5, 0.6) is 0 Å². The molecule has 0 unspecified atom stereocenters. The lowest BCUT2D eigenvalue weighted by Crippen LogP contribution is -2.05. The highest BCUT2D eigenvalue weighted by Gasteiger charge is 2.17. The molecular weight excluding hydrogens is 230 g/mol. The Hall–Kier alpha value is -2.30. The molecule has 0 radical (unpaired) electrons. The lowest BCUT2D eigenvalue weighted by molar-refractivity contribution is 0.0697. The van der Waals surface area contributed by atoms with Crippen molar-refractivity contribution in [2.24, 2.45) is 0 Å². The predicted octanol–water partition coefficient (Wildman–Crippen LogP) is 1.78. The first-order valence-electron chi connectivity index (χ1n) is 5.70. The van der Waals surface area contributed by atoms with Crippen LogP contribution < -0.4 is 5.73 Å². The molecule has 0 amide bonds. The molecule has 1 aromatic carbocycles. The first-order valence-corrected chi connectivity index (χ1v) is 5.70. The number of carboxylic acids is 1. The fourth-order valence-electron chi connectivity index (χ4n) is 1.96. The third kappa shape index (κ3) is 2.34. The van der Waals surface area contributed by atoms with Gasteiger partial charge in [-0.15, -0.1) is 0 Å². The zero-order valence-corrected chi connectivity index (χ0v) is 10.1. The Morgan fingerprint density at radius 1 is 1.39 bits per heavy atom. The molecule has 0 aliphatic carbocycles. The van der Waals surface area contributed by atoms with E-state index in [0.717, 1.165) is 6.42 Å². The van der Waals surface area contributed by atoms with Crippen LogP contribution in [0.2, 0.25) is 0 Å². The first-order chi connectivity index (χ1) is 8.59.